The van der Waals surface area contributed by atoms with Crippen LogP contribution in [0, 0.1) is 34.6 Å². The number of nitrogens with zero attached hydrogens (tertiary/aromatic N) is 27. The topological polar surface area (TPSA) is 451 Å². The number of aryl methyl sites for hydroxylation is 5. The van der Waals surface area contributed by atoms with Gasteiger partial charge in [-0.3, -0.25) is 19.9 Å². The Morgan fingerprint density at radius 2 is 0.884 bits per heavy atom. The second-order valence-corrected chi connectivity index (χ2v) is 26.6. The molecule has 0 fully saturated rings. The number of nitrogens with one attached hydrogen (secondary N) is 4. The molecule has 4 N–H and O–H groups in total. The second kappa shape index (κ2) is 37.2. The maximum Gasteiger partial charge on any atom is 0.254 e. The van der Waals surface area contributed by atoms with Gasteiger partial charge in [0, 0.05) is 149 Å². The van der Waals surface area contributed by atoms with Crippen LogP contribution >= 0.6 is 0 Å². The molecule has 0 bridgehead atoms. The van der Waals surface area contributed by atoms with Crippen LogP contribution < -0.4 is 16.0 Å². The summed E-state index contributed by atoms with van der Waals surface area (Å²) in [6.07, 6.45) is 28.5. The molecule has 3 aromatic carbocycles. The lowest BCUT2D eigenvalue weighted by Gasteiger charge is -2.04. The van der Waals surface area contributed by atoms with E-state index < -0.39 is 0 Å². The van der Waals surface area contributed by atoms with Crippen LogP contribution in [0.5, 0.6) is 0 Å². The molecule has 121 heavy (non-hydrogen) atoms. The van der Waals surface area contributed by atoms with Crippen molar-refractivity contribution in [2.45, 2.75) is 60.7 Å². The molecule has 0 unspecified atom stereocenters. The Labute approximate surface area is 686 Å². The number of hydrogen-bond acceptors (Lipinski definition) is 31. The van der Waals surface area contributed by atoms with Crippen LogP contribution in [-0.2, 0) is 26.1 Å². The van der Waals surface area contributed by atoms with Crippen LogP contribution in [0.3, 0.4) is 0 Å². The highest BCUT2D eigenvalue weighted by Gasteiger charge is 2.18. The van der Waals surface area contributed by atoms with Crippen LogP contribution in [0.2, 0.25) is 0 Å². The Balaban J connectivity index is 0.000000113. The van der Waals surface area contributed by atoms with Crippen molar-refractivity contribution in [3.63, 3.8) is 0 Å². The molecule has 17 aromatic heterocycles. The fourth-order valence-electron chi connectivity index (χ4n) is 12.0. The molecule has 0 aliphatic carbocycles. The van der Waals surface area contributed by atoms with E-state index in [-0.39, 0.29) is 5.91 Å². The van der Waals surface area contributed by atoms with E-state index in [0.29, 0.717) is 105 Å². The number of carbonyl (C=O) groups is 1. The highest BCUT2D eigenvalue weighted by atomic mass is 16.5. The number of hydrogen-bond donors (Lipinski definition) is 4. The van der Waals surface area contributed by atoms with Gasteiger partial charge in [-0.05, 0) is 89.8 Å². The number of fused-ring (bicyclic) bond motifs is 2. The van der Waals surface area contributed by atoms with Crippen LogP contribution in [0.25, 0.3) is 114 Å². The fraction of sp³-hybridized carbons (Fsp3) is 0.119. The Morgan fingerprint density at radius 1 is 0.413 bits per heavy atom. The van der Waals surface area contributed by atoms with E-state index in [9.17, 15) is 4.79 Å². The summed E-state index contributed by atoms with van der Waals surface area (Å²) in [5.41, 5.74) is 13.8. The summed E-state index contributed by atoms with van der Waals surface area (Å²) in [5.74, 6) is 7.64. The lowest BCUT2D eigenvalue weighted by atomic mass is 10.1. The number of aromatic nitrogens is 28. The number of carbonyl (C=O) groups excluding carboxylic acids is 1. The first kappa shape index (κ1) is 78.0. The van der Waals surface area contributed by atoms with E-state index in [1.165, 1.54) is 28.3 Å². The minimum Gasteiger partial charge on any atom is -0.382 e. The van der Waals surface area contributed by atoms with Crippen molar-refractivity contribution in [1.29, 1.82) is 0 Å². The SMILES string of the molecule is Cc1nc(-c2ccnc(-c3n[nH]c4cncnc34)c2)no1.Cc1nc(-c2ccnc(-n3cc(C(=O)NCc4ccccc4)cn3)c2)no1.Cc1nc(-c2ccnc(-n3cc(CNCc4ccccc4)cn3)c2)no1.Cc1nc(-c2ccnc(-n3cc(NCCc4ccccc4)cn3)c2)no1.Cc1nc(-c2ccnc(-n3ncc4ccncc43)c2)no1. The summed E-state index contributed by atoms with van der Waals surface area (Å²) in [7, 11) is 0. The molecule has 0 saturated carbocycles. The molecule has 17 heterocycles. The number of aromatic amines is 1. The van der Waals surface area contributed by atoms with E-state index >= 15 is 0 Å². The zero-order valence-corrected chi connectivity index (χ0v) is 65.3. The van der Waals surface area contributed by atoms with Gasteiger partial charge < -0.3 is 38.6 Å². The van der Waals surface area contributed by atoms with Gasteiger partial charge in [-0.25, -0.2) is 48.6 Å². The quantitative estimate of drug-likeness (QED) is 0.0519. The Hall–Kier alpha value is -16.9. The van der Waals surface area contributed by atoms with E-state index in [1.54, 1.807) is 129 Å². The summed E-state index contributed by atoms with van der Waals surface area (Å²) in [6.45, 7) is 11.6. The molecule has 0 radical (unpaired) electrons. The molecule has 20 rings (SSSR count). The predicted molar refractivity (Wildman–Crippen MR) is 439 cm³/mol. The zero-order chi connectivity index (χ0) is 82.6. The van der Waals surface area contributed by atoms with E-state index in [2.05, 4.69) is 174 Å². The van der Waals surface area contributed by atoms with Gasteiger partial charge in [0.2, 0.25) is 58.6 Å². The number of pyridine rings is 6. The average molecular weight is 1610 g/mol. The van der Waals surface area contributed by atoms with Crippen molar-refractivity contribution in [3.8, 4) is 91.6 Å². The number of H-pyrrole nitrogens is 1. The fourth-order valence-corrected chi connectivity index (χ4v) is 12.0. The van der Waals surface area contributed by atoms with E-state index in [4.69, 9.17) is 22.6 Å². The Kier molecular flexibility index (Phi) is 24.0. The minimum absolute atomic E-state index is 0.199. The summed E-state index contributed by atoms with van der Waals surface area (Å²) >= 11 is 0. The molecule has 20 aromatic rings. The van der Waals surface area contributed by atoms with Gasteiger partial charge in [-0.1, -0.05) is 117 Å². The zero-order valence-electron chi connectivity index (χ0n) is 65.3. The number of rotatable bonds is 21. The van der Waals surface area contributed by atoms with Crippen LogP contribution in [-0.4, -0.2) is 152 Å². The summed E-state index contributed by atoms with van der Waals surface area (Å²) in [6, 6.07) is 50.7. The first-order valence-electron chi connectivity index (χ1n) is 37.6. The van der Waals surface area contributed by atoms with Gasteiger partial charge in [0.1, 0.15) is 23.1 Å². The second-order valence-electron chi connectivity index (χ2n) is 26.6. The number of benzene rings is 3. The lowest BCUT2D eigenvalue weighted by Crippen LogP contribution is -2.22. The molecule has 37 heteroatoms. The molecule has 0 aliphatic heterocycles. The number of amides is 1. The molecule has 0 aliphatic rings. The maximum atomic E-state index is 12.3. The first-order valence-corrected chi connectivity index (χ1v) is 37.6. The molecular formula is C84H71N31O6. The van der Waals surface area contributed by atoms with Crippen LogP contribution in [0.1, 0.15) is 62.1 Å². The molecule has 0 spiro atoms. The molecule has 0 saturated heterocycles. The van der Waals surface area contributed by atoms with Gasteiger partial charge in [0.05, 0.1) is 65.8 Å². The maximum absolute atomic E-state index is 12.3. The van der Waals surface area contributed by atoms with Crippen molar-refractivity contribution < 1.29 is 27.4 Å². The van der Waals surface area contributed by atoms with Crippen LogP contribution in [0.4, 0.5) is 5.69 Å². The summed E-state index contributed by atoms with van der Waals surface area (Å²) < 4.78 is 31.8. The highest BCUT2D eigenvalue weighted by molar-refractivity contribution is 5.93. The third-order valence-electron chi connectivity index (χ3n) is 17.9. The Bertz CT molecular complexity index is 6470. The summed E-state index contributed by atoms with van der Waals surface area (Å²) in [5, 5.41) is 54.8. The Morgan fingerprint density at radius 3 is 1.43 bits per heavy atom. The van der Waals surface area contributed by atoms with Crippen molar-refractivity contribution in [1.82, 2.24) is 151 Å². The van der Waals surface area contributed by atoms with Crippen molar-refractivity contribution in [2.75, 3.05) is 11.9 Å². The molecule has 598 valence electrons. The standard InChI is InChI=1S/C19H16N6O2.2C19H18N6O.C14H10N6O.C13H9N7O/c1-13-23-18(24-27-13)15-7-8-20-17(9-15)25-12-16(11-22-25)19(26)21-10-14-5-3-2-4-6-14;1-14-23-19(24-26-14)16-8-10-21-18(11-16)25-13-17(12-22-25)20-9-7-15-5-3-2-4-6-15;1-14-23-19(24-26-14)17-7-8-21-18(9-17)25-13-16(12-22-25)11-20-10-15-5-3-2-4-6-15;1-9-18-14(19-21-9)10-3-5-16-13(6-10)20-12-8-15-4-2-11(12)7-17-20;1-7-17-13(20-21-7)8-2-3-15-9(4-8)12-11-10(18-19-12)5-14-6-16-11/h2-9,11-12H,10H2,1H3,(H,21,26);2-6,8,10-13,20H,7,9H2,1H3;2-9,12-13,20H,10-11H2,1H3;2-8H,1H3;2-6H,1H3,(H,18,19). The van der Waals surface area contributed by atoms with Gasteiger partial charge >= 0.3 is 0 Å². The van der Waals surface area contributed by atoms with Gasteiger partial charge in [0.15, 0.2) is 23.3 Å². The monoisotopic (exact) mass is 1610 g/mol. The van der Waals surface area contributed by atoms with E-state index in [0.717, 1.165) is 92.6 Å². The van der Waals surface area contributed by atoms with Crippen molar-refractivity contribution in [3.05, 3.63) is 314 Å². The highest BCUT2D eigenvalue weighted by Crippen LogP contribution is 2.28. The largest absolute Gasteiger partial charge is 0.382 e. The normalized spacial score (nSPS) is 10.9. The molecule has 1 amide bonds. The van der Waals surface area contributed by atoms with Gasteiger partial charge in [-0.2, -0.15) is 50.4 Å². The van der Waals surface area contributed by atoms with E-state index in [1.807, 2.05) is 128 Å². The molecule has 37 nitrogen and oxygen atoms in total. The van der Waals surface area contributed by atoms with Crippen molar-refractivity contribution >= 4 is 33.5 Å². The average Bonchev–Trinajstić information content (AvgIpc) is 1.68. The van der Waals surface area contributed by atoms with Gasteiger partial charge in [-0.15, -0.1) is 0 Å². The smallest absolute Gasteiger partial charge is 0.254 e. The predicted octanol–water partition coefficient (Wildman–Crippen LogP) is 12.7. The van der Waals surface area contributed by atoms with Gasteiger partial charge in [0.25, 0.3) is 5.91 Å². The van der Waals surface area contributed by atoms with Crippen molar-refractivity contribution in [2.24, 2.45) is 0 Å². The lowest BCUT2D eigenvalue weighted by molar-refractivity contribution is 0.0950. The first-order chi connectivity index (χ1) is 59.4. The van der Waals surface area contributed by atoms with Crippen LogP contribution in [0.15, 0.2) is 280 Å². The minimum atomic E-state index is -0.199. The summed E-state index contributed by atoms with van der Waals surface area (Å²) in [4.78, 5) is 67.5. The number of anilines is 1. The molecular weight excluding hydrogens is 1540 g/mol. The third-order valence-corrected chi connectivity index (χ3v) is 17.9. The third kappa shape index (κ3) is 19.9. The molecule has 0 atom stereocenters.